The summed E-state index contributed by atoms with van der Waals surface area (Å²) in [5.74, 6) is 0. The van der Waals surface area contributed by atoms with Gasteiger partial charge in [-0.05, 0) is 99.2 Å². The van der Waals surface area contributed by atoms with Crippen LogP contribution in [0.15, 0.2) is 84.9 Å². The van der Waals surface area contributed by atoms with Crippen molar-refractivity contribution in [1.82, 2.24) is 0 Å². The molecular weight excluding hydrogens is 528 g/mol. The largest absolute Gasteiger partial charge is 0.0616 e. The first-order valence-electron chi connectivity index (χ1n) is 16.3. The van der Waals surface area contributed by atoms with E-state index in [1.165, 1.54) is 65.4 Å². The molecule has 5 aromatic rings. The van der Waals surface area contributed by atoms with Gasteiger partial charge in [0.25, 0.3) is 0 Å². The van der Waals surface area contributed by atoms with Gasteiger partial charge in [0.05, 0.1) is 0 Å². The highest BCUT2D eigenvalue weighted by Crippen LogP contribution is 2.32. The van der Waals surface area contributed by atoms with E-state index in [4.69, 9.17) is 0 Å². The van der Waals surface area contributed by atoms with Crippen LogP contribution in [-0.4, -0.2) is 0 Å². The summed E-state index contributed by atoms with van der Waals surface area (Å²) in [7, 11) is 0. The van der Waals surface area contributed by atoms with Gasteiger partial charge in [-0.2, -0.15) is 0 Å². The molecule has 0 nitrogen and oxygen atoms in total. The lowest BCUT2D eigenvalue weighted by atomic mass is 9.79. The maximum absolute atomic E-state index is 2.43. The quantitative estimate of drug-likeness (QED) is 0.182. The van der Waals surface area contributed by atoms with E-state index in [2.05, 4.69) is 180 Å². The third-order valence-corrected chi connectivity index (χ3v) is 9.01. The predicted molar refractivity (Wildman–Crippen MR) is 196 cm³/mol. The van der Waals surface area contributed by atoms with Crippen LogP contribution < -0.4 is 10.4 Å². The van der Waals surface area contributed by atoms with E-state index >= 15 is 0 Å². The van der Waals surface area contributed by atoms with Crippen LogP contribution in [0.1, 0.15) is 116 Å². The van der Waals surface area contributed by atoms with Crippen molar-refractivity contribution in [3.05, 3.63) is 129 Å². The number of hydrogen-bond donors (Lipinski definition) is 0. The van der Waals surface area contributed by atoms with Gasteiger partial charge in [0.15, 0.2) is 0 Å². The van der Waals surface area contributed by atoms with Gasteiger partial charge >= 0.3 is 0 Å². The van der Waals surface area contributed by atoms with E-state index in [9.17, 15) is 0 Å². The molecule has 0 aliphatic rings. The summed E-state index contributed by atoms with van der Waals surface area (Å²) in [4.78, 5) is 0. The first kappa shape index (κ1) is 31.8. The molecular formula is C44H52. The van der Waals surface area contributed by atoms with Gasteiger partial charge in [0, 0.05) is 0 Å². The van der Waals surface area contributed by atoms with Crippen LogP contribution in [0.3, 0.4) is 0 Å². The summed E-state index contributed by atoms with van der Waals surface area (Å²) in [6.07, 6.45) is 4.85. The minimum absolute atomic E-state index is 0.0697. The summed E-state index contributed by atoms with van der Waals surface area (Å²) >= 11 is 0. The zero-order chi connectivity index (χ0) is 32.2. The predicted octanol–water partition coefficient (Wildman–Crippen LogP) is 10.8. The maximum Gasteiger partial charge on any atom is -0.00930 e. The molecule has 0 heteroatoms. The molecule has 0 N–H and O–H groups in total. The highest BCUT2D eigenvalue weighted by molar-refractivity contribution is 6.01. The second-order valence-corrected chi connectivity index (χ2v) is 16.9. The zero-order valence-corrected chi connectivity index (χ0v) is 29.2. The topological polar surface area (TPSA) is 0 Å². The molecule has 0 heterocycles. The highest BCUT2D eigenvalue weighted by atomic mass is 14.3. The van der Waals surface area contributed by atoms with Crippen molar-refractivity contribution in [2.75, 3.05) is 0 Å². The average molecular weight is 581 g/mol. The summed E-state index contributed by atoms with van der Waals surface area (Å²) in [6, 6.07) is 32.3. The Kier molecular flexibility index (Phi) is 7.99. The Morgan fingerprint density at radius 1 is 0.341 bits per heavy atom. The minimum Gasteiger partial charge on any atom is -0.0616 e. The molecule has 5 aromatic carbocycles. The van der Waals surface area contributed by atoms with Crippen LogP contribution >= 0.6 is 0 Å². The minimum atomic E-state index is 0.0697. The third-order valence-electron chi connectivity index (χ3n) is 9.01. The van der Waals surface area contributed by atoms with E-state index in [0.717, 1.165) is 0 Å². The lowest BCUT2D eigenvalue weighted by Crippen LogP contribution is -2.18. The fourth-order valence-electron chi connectivity index (χ4n) is 6.04. The van der Waals surface area contributed by atoms with E-state index in [1.807, 2.05) is 0 Å². The SMILES string of the molecule is CC(C)(C)c1cc(C=c2c3ccccc3c(=Cc3cc(C(C)(C)C)cc(C(C)(C)C)c3)c3ccccc23)cc(C(C)(C)C)c1. The molecule has 0 fully saturated rings. The van der Waals surface area contributed by atoms with Gasteiger partial charge in [-0.25, -0.2) is 0 Å². The Morgan fingerprint density at radius 3 is 0.773 bits per heavy atom. The lowest BCUT2D eigenvalue weighted by Gasteiger charge is -2.26. The third kappa shape index (κ3) is 6.56. The molecule has 0 bridgehead atoms. The van der Waals surface area contributed by atoms with Crippen molar-refractivity contribution < 1.29 is 0 Å². The normalized spacial score (nSPS) is 13.0. The molecule has 0 aromatic heterocycles. The van der Waals surface area contributed by atoms with Crippen LogP contribution in [0.4, 0.5) is 0 Å². The van der Waals surface area contributed by atoms with Crippen molar-refractivity contribution in [3.63, 3.8) is 0 Å². The Bertz CT molecular complexity index is 1700. The van der Waals surface area contributed by atoms with E-state index in [0.29, 0.717) is 0 Å². The highest BCUT2D eigenvalue weighted by Gasteiger charge is 2.22. The van der Waals surface area contributed by atoms with Crippen LogP contribution in [-0.2, 0) is 21.7 Å². The standard InChI is InChI=1S/C44H52/c1-41(2,3)31-21-29(22-32(27-31)42(4,5)6)25-39-35-17-13-15-19-37(35)40(38-20-16-14-18-36(38)39)26-30-23-33(43(7,8)9)28-34(24-30)44(10,11)12/h13-28H,1-12H3. The number of fused-ring (bicyclic) bond motifs is 2. The van der Waals surface area contributed by atoms with Crippen LogP contribution in [0.25, 0.3) is 33.7 Å². The molecule has 0 atom stereocenters. The molecule has 0 aliphatic carbocycles. The first-order valence-corrected chi connectivity index (χ1v) is 16.3. The van der Waals surface area contributed by atoms with Gasteiger partial charge in [0.2, 0.25) is 0 Å². The van der Waals surface area contributed by atoms with Crippen molar-refractivity contribution in [2.45, 2.75) is 105 Å². The van der Waals surface area contributed by atoms with E-state index in [-0.39, 0.29) is 21.7 Å². The number of hydrogen-bond acceptors (Lipinski definition) is 0. The molecule has 0 spiro atoms. The second-order valence-electron chi connectivity index (χ2n) is 16.9. The van der Waals surface area contributed by atoms with Gasteiger partial charge in [0.1, 0.15) is 0 Å². The molecule has 0 amide bonds. The van der Waals surface area contributed by atoms with E-state index in [1.54, 1.807) is 0 Å². The van der Waals surface area contributed by atoms with Crippen LogP contribution in [0.5, 0.6) is 0 Å². The maximum atomic E-state index is 2.43. The molecule has 5 rings (SSSR count). The molecule has 0 radical (unpaired) electrons. The fourth-order valence-corrected chi connectivity index (χ4v) is 6.04. The Hall–Kier alpha value is -3.64. The van der Waals surface area contributed by atoms with E-state index < -0.39 is 0 Å². The Morgan fingerprint density at radius 2 is 0.568 bits per heavy atom. The zero-order valence-electron chi connectivity index (χ0n) is 29.2. The fraction of sp³-hybridized carbons (Fsp3) is 0.364. The van der Waals surface area contributed by atoms with Crippen molar-refractivity contribution >= 4 is 33.7 Å². The lowest BCUT2D eigenvalue weighted by molar-refractivity contribution is 0.568. The number of benzene rings is 5. The summed E-state index contributed by atoms with van der Waals surface area (Å²) in [5.41, 5.74) is 8.32. The molecule has 0 saturated carbocycles. The molecule has 228 valence electrons. The van der Waals surface area contributed by atoms with Gasteiger partial charge in [-0.3, -0.25) is 0 Å². The second kappa shape index (κ2) is 11.1. The average Bonchev–Trinajstić information content (AvgIpc) is 2.92. The Labute approximate surface area is 266 Å². The monoisotopic (exact) mass is 580 g/mol. The van der Waals surface area contributed by atoms with Gasteiger partial charge < -0.3 is 0 Å². The summed E-state index contributed by atoms with van der Waals surface area (Å²) in [6.45, 7) is 27.8. The number of rotatable bonds is 2. The van der Waals surface area contributed by atoms with Crippen molar-refractivity contribution in [3.8, 4) is 0 Å². The molecule has 0 unspecified atom stereocenters. The van der Waals surface area contributed by atoms with Crippen molar-refractivity contribution in [2.24, 2.45) is 0 Å². The molecule has 44 heavy (non-hydrogen) atoms. The van der Waals surface area contributed by atoms with Gasteiger partial charge in [-0.1, -0.05) is 168 Å². The summed E-state index contributed by atoms with van der Waals surface area (Å²) < 4.78 is 0. The smallest absolute Gasteiger partial charge is 0.00930 e. The first-order chi connectivity index (χ1) is 20.3. The van der Waals surface area contributed by atoms with Crippen LogP contribution in [0.2, 0.25) is 0 Å². The molecule has 0 aliphatic heterocycles. The van der Waals surface area contributed by atoms with Gasteiger partial charge in [-0.15, -0.1) is 0 Å². The Balaban J connectivity index is 1.89. The van der Waals surface area contributed by atoms with Crippen molar-refractivity contribution in [1.29, 1.82) is 0 Å². The molecule has 0 saturated heterocycles. The summed E-state index contributed by atoms with van der Waals surface area (Å²) in [5, 5.41) is 7.74. The van der Waals surface area contributed by atoms with Crippen LogP contribution in [0, 0.1) is 0 Å².